The van der Waals surface area contributed by atoms with Crippen molar-refractivity contribution >= 4 is 17.2 Å². The van der Waals surface area contributed by atoms with Crippen LogP contribution in [0.25, 0.3) is 0 Å². The molecule has 0 saturated carbocycles. The summed E-state index contributed by atoms with van der Waals surface area (Å²) in [5.41, 5.74) is 1.95. The lowest BCUT2D eigenvalue weighted by Crippen LogP contribution is -2.44. The summed E-state index contributed by atoms with van der Waals surface area (Å²) in [5, 5.41) is 7.63. The number of fused-ring (bicyclic) bond motifs is 2. The van der Waals surface area contributed by atoms with Crippen molar-refractivity contribution in [3.8, 4) is 0 Å². The third-order valence-corrected chi connectivity index (χ3v) is 7.56. The highest BCUT2D eigenvalue weighted by atomic mass is 32.1. The summed E-state index contributed by atoms with van der Waals surface area (Å²) < 4.78 is 11.6. The molecule has 1 amide bonds. The first-order valence-electron chi connectivity index (χ1n) is 10.4. The molecule has 3 aliphatic rings. The monoisotopic (exact) mass is 401 g/mol. The zero-order valence-corrected chi connectivity index (χ0v) is 17.1. The highest BCUT2D eigenvalue weighted by Crippen LogP contribution is 2.44. The van der Waals surface area contributed by atoms with Gasteiger partial charge in [0, 0.05) is 23.9 Å². The number of carbonyl (C=O) groups excluding carboxylic acids is 1. The smallest absolute Gasteiger partial charge is 0.264 e. The second kappa shape index (κ2) is 7.28. The van der Waals surface area contributed by atoms with Crippen molar-refractivity contribution in [2.75, 3.05) is 26.2 Å². The van der Waals surface area contributed by atoms with Crippen LogP contribution in [0.3, 0.4) is 0 Å². The molecular weight excluding hydrogens is 374 g/mol. The van der Waals surface area contributed by atoms with Gasteiger partial charge in [0.1, 0.15) is 11.5 Å². The lowest BCUT2D eigenvalue weighted by Gasteiger charge is -2.40. The van der Waals surface area contributed by atoms with Gasteiger partial charge in [0.25, 0.3) is 5.91 Å². The molecule has 2 fully saturated rings. The van der Waals surface area contributed by atoms with Crippen molar-refractivity contribution < 1.29 is 14.1 Å². The maximum atomic E-state index is 13.5. The first kappa shape index (κ1) is 18.3. The van der Waals surface area contributed by atoms with Crippen LogP contribution in [0.2, 0.25) is 0 Å². The number of hydrogen-bond donors (Lipinski definition) is 1. The average Bonchev–Trinajstić information content (AvgIpc) is 3.36. The van der Waals surface area contributed by atoms with Crippen LogP contribution in [0, 0.1) is 6.92 Å². The SMILES string of the molecule is Cc1cc(C2CCCCN2C(=O)c2cc3c(s2)CCOC32CCNCC2)no1. The van der Waals surface area contributed by atoms with Crippen molar-refractivity contribution in [2.45, 2.75) is 57.1 Å². The maximum absolute atomic E-state index is 13.5. The number of nitrogens with zero attached hydrogens (tertiary/aromatic N) is 2. The Hall–Kier alpha value is -1.70. The largest absolute Gasteiger partial charge is 0.370 e. The lowest BCUT2D eigenvalue weighted by atomic mass is 9.83. The predicted molar refractivity (Wildman–Crippen MR) is 107 cm³/mol. The van der Waals surface area contributed by atoms with Crippen LogP contribution < -0.4 is 5.32 Å². The fraction of sp³-hybridized carbons (Fsp3) is 0.619. The molecule has 2 saturated heterocycles. The topological polar surface area (TPSA) is 67.6 Å². The molecule has 7 heteroatoms. The molecule has 1 N–H and O–H groups in total. The summed E-state index contributed by atoms with van der Waals surface area (Å²) >= 11 is 1.67. The molecule has 5 rings (SSSR count). The number of amides is 1. The van der Waals surface area contributed by atoms with E-state index >= 15 is 0 Å². The minimum atomic E-state index is -0.196. The molecule has 5 heterocycles. The molecule has 0 radical (unpaired) electrons. The fourth-order valence-corrected chi connectivity index (χ4v) is 6.12. The standard InChI is InChI=1S/C21H27N3O3S/c1-14-12-16(23-27-14)17-4-2-3-10-24(17)20(25)19-13-15-18(28-19)5-11-26-21(15)6-8-22-9-7-21/h12-13,17,22H,2-11H2,1H3. The predicted octanol–water partition coefficient (Wildman–Crippen LogP) is 3.56. The minimum Gasteiger partial charge on any atom is -0.370 e. The van der Waals surface area contributed by atoms with Gasteiger partial charge in [0.15, 0.2) is 0 Å². The molecule has 3 aliphatic heterocycles. The number of aryl methyl sites for hydroxylation is 1. The van der Waals surface area contributed by atoms with E-state index in [4.69, 9.17) is 9.26 Å². The van der Waals surface area contributed by atoms with E-state index in [1.165, 1.54) is 10.4 Å². The van der Waals surface area contributed by atoms with E-state index in [0.717, 1.165) is 81.1 Å². The van der Waals surface area contributed by atoms with Crippen molar-refractivity contribution in [1.82, 2.24) is 15.4 Å². The molecular formula is C21H27N3O3S. The second-order valence-electron chi connectivity index (χ2n) is 8.16. The first-order valence-corrected chi connectivity index (χ1v) is 11.2. The number of nitrogens with one attached hydrogen (secondary N) is 1. The molecule has 6 nitrogen and oxygen atoms in total. The highest BCUT2D eigenvalue weighted by Gasteiger charge is 2.41. The Balaban J connectivity index is 1.45. The summed E-state index contributed by atoms with van der Waals surface area (Å²) in [6.45, 7) is 5.38. The minimum absolute atomic E-state index is 0.0157. The van der Waals surface area contributed by atoms with Crippen molar-refractivity contribution in [1.29, 1.82) is 0 Å². The van der Waals surface area contributed by atoms with Crippen molar-refractivity contribution in [3.63, 3.8) is 0 Å². The van der Waals surface area contributed by atoms with E-state index < -0.39 is 0 Å². The zero-order valence-electron chi connectivity index (χ0n) is 16.3. The molecule has 0 bridgehead atoms. The van der Waals surface area contributed by atoms with E-state index in [1.807, 2.05) is 17.9 Å². The van der Waals surface area contributed by atoms with Gasteiger partial charge in [-0.2, -0.15) is 0 Å². The van der Waals surface area contributed by atoms with Crippen LogP contribution in [0.15, 0.2) is 16.7 Å². The summed E-state index contributed by atoms with van der Waals surface area (Å²) in [7, 11) is 0. The summed E-state index contributed by atoms with van der Waals surface area (Å²) in [4.78, 5) is 17.7. The number of carbonyl (C=O) groups is 1. The summed E-state index contributed by atoms with van der Waals surface area (Å²) in [5.74, 6) is 0.929. The van der Waals surface area contributed by atoms with Gasteiger partial charge in [-0.05, 0) is 63.7 Å². The van der Waals surface area contributed by atoms with E-state index in [9.17, 15) is 4.79 Å². The number of thiophene rings is 1. The Labute approximate surface area is 169 Å². The van der Waals surface area contributed by atoms with Crippen LogP contribution in [-0.2, 0) is 16.8 Å². The van der Waals surface area contributed by atoms with Crippen molar-refractivity contribution in [3.05, 3.63) is 38.9 Å². The summed E-state index contributed by atoms with van der Waals surface area (Å²) in [6.07, 6.45) is 5.98. The third kappa shape index (κ3) is 3.09. The van der Waals surface area contributed by atoms with Gasteiger partial charge in [-0.25, -0.2) is 0 Å². The number of rotatable bonds is 2. The van der Waals surface area contributed by atoms with Gasteiger partial charge < -0.3 is 19.5 Å². The second-order valence-corrected chi connectivity index (χ2v) is 9.30. The van der Waals surface area contributed by atoms with Crippen LogP contribution in [0.5, 0.6) is 0 Å². The molecule has 150 valence electrons. The zero-order chi connectivity index (χ0) is 19.1. The number of hydrogen-bond acceptors (Lipinski definition) is 6. The molecule has 0 aliphatic carbocycles. The average molecular weight is 402 g/mol. The Morgan fingerprint density at radius 2 is 2.18 bits per heavy atom. The Morgan fingerprint density at radius 3 is 2.96 bits per heavy atom. The number of aromatic nitrogens is 1. The maximum Gasteiger partial charge on any atom is 0.264 e. The van der Waals surface area contributed by atoms with E-state index in [1.54, 1.807) is 11.3 Å². The normalized spacial score (nSPS) is 24.3. The van der Waals surface area contributed by atoms with Gasteiger partial charge in [-0.15, -0.1) is 11.3 Å². The Bertz CT molecular complexity index is 868. The van der Waals surface area contributed by atoms with Crippen molar-refractivity contribution in [2.24, 2.45) is 0 Å². The van der Waals surface area contributed by atoms with Gasteiger partial charge in [-0.1, -0.05) is 5.16 Å². The molecule has 2 aromatic rings. The van der Waals surface area contributed by atoms with Crippen LogP contribution in [-0.4, -0.2) is 42.2 Å². The van der Waals surface area contributed by atoms with Gasteiger partial charge in [0.2, 0.25) is 0 Å². The molecule has 1 atom stereocenters. The molecule has 1 spiro atoms. The lowest BCUT2D eigenvalue weighted by molar-refractivity contribution is -0.0792. The number of piperidine rings is 2. The molecule has 0 aromatic carbocycles. The number of likely N-dealkylation sites (tertiary alicyclic amines) is 1. The Morgan fingerprint density at radius 1 is 1.32 bits per heavy atom. The van der Waals surface area contributed by atoms with Gasteiger partial charge >= 0.3 is 0 Å². The molecule has 28 heavy (non-hydrogen) atoms. The quantitative estimate of drug-likeness (QED) is 0.833. The fourth-order valence-electron chi connectivity index (χ4n) is 4.93. The number of ether oxygens (including phenoxy) is 1. The van der Waals surface area contributed by atoms with Gasteiger partial charge in [0.05, 0.1) is 23.1 Å². The van der Waals surface area contributed by atoms with Crippen LogP contribution in [0.1, 0.15) is 69.7 Å². The van der Waals surface area contributed by atoms with E-state index in [2.05, 4.69) is 16.5 Å². The van der Waals surface area contributed by atoms with Crippen LogP contribution in [0.4, 0.5) is 0 Å². The molecule has 1 unspecified atom stereocenters. The first-order chi connectivity index (χ1) is 13.7. The van der Waals surface area contributed by atoms with E-state index in [0.29, 0.717) is 0 Å². The Kier molecular flexibility index (Phi) is 4.77. The third-order valence-electron chi connectivity index (χ3n) is 6.38. The van der Waals surface area contributed by atoms with Crippen LogP contribution >= 0.6 is 11.3 Å². The highest BCUT2D eigenvalue weighted by molar-refractivity contribution is 7.14. The summed E-state index contributed by atoms with van der Waals surface area (Å²) in [6, 6.07) is 4.11. The molecule has 2 aromatic heterocycles. The van der Waals surface area contributed by atoms with Gasteiger partial charge in [-0.3, -0.25) is 4.79 Å². The van der Waals surface area contributed by atoms with E-state index in [-0.39, 0.29) is 17.6 Å².